The van der Waals surface area contributed by atoms with Gasteiger partial charge in [0.1, 0.15) is 0 Å². The molecule has 0 spiro atoms. The molecule has 0 saturated heterocycles. The molecule has 0 aliphatic carbocycles. The predicted molar refractivity (Wildman–Crippen MR) is 63.7 cm³/mol. The van der Waals surface area contributed by atoms with E-state index in [-0.39, 0.29) is 0 Å². The van der Waals surface area contributed by atoms with E-state index in [0.29, 0.717) is 6.61 Å². The van der Waals surface area contributed by atoms with E-state index in [2.05, 4.69) is 17.2 Å². The van der Waals surface area contributed by atoms with E-state index in [4.69, 9.17) is 4.74 Å². The van der Waals surface area contributed by atoms with E-state index in [9.17, 15) is 4.79 Å². The SMILES string of the molecule is O=C(OCCCc1ccccc1)n1cccn1. The maximum atomic E-state index is 11.4. The number of nitrogens with zero attached hydrogens (tertiary/aromatic N) is 2. The minimum absolute atomic E-state index is 0.410. The quantitative estimate of drug-likeness (QED) is 0.758. The van der Waals surface area contributed by atoms with Crippen molar-refractivity contribution in [1.82, 2.24) is 9.78 Å². The third kappa shape index (κ3) is 3.45. The van der Waals surface area contributed by atoms with Crippen LogP contribution < -0.4 is 0 Å². The molecule has 0 radical (unpaired) electrons. The van der Waals surface area contributed by atoms with Crippen LogP contribution in [0, 0.1) is 0 Å². The average Bonchev–Trinajstić information content (AvgIpc) is 2.89. The molecule has 0 saturated carbocycles. The van der Waals surface area contributed by atoms with Crippen LogP contribution in [0.3, 0.4) is 0 Å². The van der Waals surface area contributed by atoms with Crippen LogP contribution in [-0.4, -0.2) is 22.5 Å². The lowest BCUT2D eigenvalue weighted by Gasteiger charge is -2.04. The van der Waals surface area contributed by atoms with Crippen LogP contribution in [0.4, 0.5) is 4.79 Å². The number of carbonyl (C=O) groups is 1. The number of carbonyl (C=O) groups excluding carboxylic acids is 1. The maximum absolute atomic E-state index is 11.4. The van der Waals surface area contributed by atoms with Gasteiger partial charge in [-0.1, -0.05) is 30.3 Å². The Morgan fingerprint density at radius 3 is 2.76 bits per heavy atom. The topological polar surface area (TPSA) is 44.1 Å². The molecule has 1 aromatic heterocycles. The van der Waals surface area contributed by atoms with E-state index >= 15 is 0 Å². The lowest BCUT2D eigenvalue weighted by atomic mass is 10.1. The highest BCUT2D eigenvalue weighted by Gasteiger charge is 2.04. The van der Waals surface area contributed by atoms with Gasteiger partial charge < -0.3 is 4.74 Å². The van der Waals surface area contributed by atoms with Crippen molar-refractivity contribution in [2.45, 2.75) is 12.8 Å². The second-order valence-corrected chi connectivity index (χ2v) is 3.65. The van der Waals surface area contributed by atoms with Gasteiger partial charge in [0, 0.05) is 12.4 Å². The Morgan fingerprint density at radius 2 is 2.06 bits per heavy atom. The van der Waals surface area contributed by atoms with Crippen molar-refractivity contribution in [2.24, 2.45) is 0 Å². The lowest BCUT2D eigenvalue weighted by molar-refractivity contribution is 0.143. The molecule has 0 unspecified atom stereocenters. The highest BCUT2D eigenvalue weighted by atomic mass is 16.6. The molecule has 0 N–H and O–H groups in total. The number of aromatic nitrogens is 2. The van der Waals surface area contributed by atoms with Gasteiger partial charge in [0.15, 0.2) is 0 Å². The number of benzene rings is 1. The first-order chi connectivity index (χ1) is 8.36. The third-order valence-corrected chi connectivity index (χ3v) is 2.37. The summed E-state index contributed by atoms with van der Waals surface area (Å²) in [6, 6.07) is 11.8. The van der Waals surface area contributed by atoms with Crippen LogP contribution in [0.25, 0.3) is 0 Å². The van der Waals surface area contributed by atoms with E-state index in [1.807, 2.05) is 18.2 Å². The first-order valence-electron chi connectivity index (χ1n) is 5.57. The molecule has 1 heterocycles. The Labute approximate surface area is 99.8 Å². The van der Waals surface area contributed by atoms with E-state index in [1.54, 1.807) is 18.5 Å². The first-order valence-corrected chi connectivity index (χ1v) is 5.57. The second kappa shape index (κ2) is 5.84. The van der Waals surface area contributed by atoms with Gasteiger partial charge >= 0.3 is 6.09 Å². The smallest absolute Gasteiger partial charge is 0.434 e. The summed E-state index contributed by atoms with van der Waals surface area (Å²) in [6.45, 7) is 0.410. The standard InChI is InChI=1S/C13H14N2O2/c16-13(15-10-5-9-14-15)17-11-4-8-12-6-2-1-3-7-12/h1-3,5-7,9-10H,4,8,11H2. The Kier molecular flexibility index (Phi) is 3.91. The molecule has 0 amide bonds. The van der Waals surface area contributed by atoms with E-state index in [1.165, 1.54) is 10.2 Å². The normalized spacial score (nSPS) is 10.1. The van der Waals surface area contributed by atoms with Crippen LogP contribution >= 0.6 is 0 Å². The van der Waals surface area contributed by atoms with Gasteiger partial charge in [0.2, 0.25) is 0 Å². The molecule has 0 bridgehead atoms. The zero-order valence-corrected chi connectivity index (χ0v) is 9.45. The molecule has 0 atom stereocenters. The second-order valence-electron chi connectivity index (χ2n) is 3.65. The monoisotopic (exact) mass is 230 g/mol. The van der Waals surface area contributed by atoms with Crippen molar-refractivity contribution >= 4 is 6.09 Å². The molecule has 0 aliphatic rings. The molecule has 4 nitrogen and oxygen atoms in total. The van der Waals surface area contributed by atoms with Crippen LogP contribution in [0.1, 0.15) is 12.0 Å². The van der Waals surface area contributed by atoms with E-state index in [0.717, 1.165) is 12.8 Å². The molecular formula is C13H14N2O2. The lowest BCUT2D eigenvalue weighted by Crippen LogP contribution is -2.14. The molecule has 0 fully saturated rings. The maximum Gasteiger partial charge on any atom is 0.434 e. The van der Waals surface area contributed by atoms with E-state index < -0.39 is 6.09 Å². The van der Waals surface area contributed by atoms with Crippen molar-refractivity contribution in [3.63, 3.8) is 0 Å². The predicted octanol–water partition coefficient (Wildman–Crippen LogP) is 2.50. The Morgan fingerprint density at radius 1 is 1.24 bits per heavy atom. The number of hydrogen-bond acceptors (Lipinski definition) is 3. The number of hydrogen-bond donors (Lipinski definition) is 0. The molecule has 2 rings (SSSR count). The molecule has 2 aromatic rings. The van der Waals surface area contributed by atoms with Gasteiger partial charge in [-0.15, -0.1) is 0 Å². The number of ether oxygens (including phenoxy) is 1. The zero-order chi connectivity index (χ0) is 11.9. The largest absolute Gasteiger partial charge is 0.448 e. The van der Waals surface area contributed by atoms with Gasteiger partial charge in [-0.05, 0) is 24.5 Å². The molecule has 88 valence electrons. The molecular weight excluding hydrogens is 216 g/mol. The summed E-state index contributed by atoms with van der Waals surface area (Å²) >= 11 is 0. The van der Waals surface area contributed by atoms with Gasteiger partial charge in [-0.3, -0.25) is 0 Å². The van der Waals surface area contributed by atoms with Crippen LogP contribution in [0.5, 0.6) is 0 Å². The Bertz CT molecular complexity index is 452. The van der Waals surface area contributed by atoms with Crippen LogP contribution in [-0.2, 0) is 11.2 Å². The van der Waals surface area contributed by atoms with Gasteiger partial charge in [0.05, 0.1) is 6.61 Å². The van der Waals surface area contributed by atoms with Gasteiger partial charge in [-0.25, -0.2) is 4.79 Å². The number of aryl methyl sites for hydroxylation is 1. The summed E-state index contributed by atoms with van der Waals surface area (Å²) in [6.07, 6.45) is 4.41. The minimum Gasteiger partial charge on any atom is -0.448 e. The van der Waals surface area contributed by atoms with Crippen molar-refractivity contribution in [3.8, 4) is 0 Å². The summed E-state index contributed by atoms with van der Waals surface area (Å²) < 4.78 is 6.25. The summed E-state index contributed by atoms with van der Waals surface area (Å²) in [4.78, 5) is 11.4. The fourth-order valence-corrected chi connectivity index (χ4v) is 1.52. The highest BCUT2D eigenvalue weighted by Crippen LogP contribution is 2.02. The summed E-state index contributed by atoms with van der Waals surface area (Å²) in [5.74, 6) is 0. The van der Waals surface area contributed by atoms with Crippen molar-refractivity contribution in [1.29, 1.82) is 0 Å². The average molecular weight is 230 g/mol. The molecule has 4 heteroatoms. The zero-order valence-electron chi connectivity index (χ0n) is 9.45. The van der Waals surface area contributed by atoms with Crippen molar-refractivity contribution < 1.29 is 9.53 Å². The molecule has 1 aromatic carbocycles. The Hall–Kier alpha value is -2.10. The Balaban J connectivity index is 1.69. The fraction of sp³-hybridized carbons (Fsp3) is 0.231. The summed E-state index contributed by atoms with van der Waals surface area (Å²) in [5.41, 5.74) is 1.25. The summed E-state index contributed by atoms with van der Waals surface area (Å²) in [7, 11) is 0. The van der Waals surface area contributed by atoms with Crippen molar-refractivity contribution in [3.05, 3.63) is 54.4 Å². The van der Waals surface area contributed by atoms with Crippen LogP contribution in [0.15, 0.2) is 48.8 Å². The fourth-order valence-electron chi connectivity index (χ4n) is 1.52. The molecule has 17 heavy (non-hydrogen) atoms. The number of rotatable bonds is 4. The van der Waals surface area contributed by atoms with Gasteiger partial charge in [-0.2, -0.15) is 9.78 Å². The highest BCUT2D eigenvalue weighted by molar-refractivity contribution is 5.68. The summed E-state index contributed by atoms with van der Waals surface area (Å²) in [5, 5.41) is 3.80. The molecule has 0 aliphatic heterocycles. The third-order valence-electron chi connectivity index (χ3n) is 2.37. The first kappa shape index (κ1) is 11.4. The minimum atomic E-state index is -0.428. The van der Waals surface area contributed by atoms with Crippen LogP contribution in [0.2, 0.25) is 0 Å². The van der Waals surface area contributed by atoms with Crippen molar-refractivity contribution in [2.75, 3.05) is 6.61 Å². The van der Waals surface area contributed by atoms with Gasteiger partial charge in [0.25, 0.3) is 0 Å².